The highest BCUT2D eigenvalue weighted by Gasteiger charge is 2.35. The van der Waals surface area contributed by atoms with Gasteiger partial charge in [0.2, 0.25) is 0 Å². The molecule has 7 heteroatoms. The molecule has 2 aromatic heterocycles. The van der Waals surface area contributed by atoms with E-state index in [2.05, 4.69) is 64.8 Å². The second-order valence-corrected chi connectivity index (χ2v) is 10.3. The topological polar surface area (TPSA) is 55.1 Å². The fourth-order valence-corrected chi connectivity index (χ4v) is 5.57. The number of hydrogen-bond acceptors (Lipinski definition) is 3. The van der Waals surface area contributed by atoms with Crippen LogP contribution in [0.3, 0.4) is 0 Å². The van der Waals surface area contributed by atoms with E-state index in [0.717, 1.165) is 39.6 Å². The van der Waals surface area contributed by atoms with E-state index in [4.69, 9.17) is 5.10 Å². The van der Waals surface area contributed by atoms with Gasteiger partial charge < -0.3 is 14.8 Å². The predicted octanol–water partition coefficient (Wildman–Crippen LogP) is 6.51. The Bertz CT molecular complexity index is 1560. The van der Waals surface area contributed by atoms with E-state index in [1.165, 1.54) is 4.90 Å². The van der Waals surface area contributed by atoms with Crippen LogP contribution >= 0.6 is 11.8 Å². The van der Waals surface area contributed by atoms with Gasteiger partial charge in [-0.05, 0) is 60.7 Å². The summed E-state index contributed by atoms with van der Waals surface area (Å²) in [4.78, 5) is 17.1. The molecule has 1 aliphatic rings. The Morgan fingerprint density at radius 2 is 1.66 bits per heavy atom. The van der Waals surface area contributed by atoms with Gasteiger partial charge in [-0.15, -0.1) is 11.8 Å². The first-order valence-electron chi connectivity index (χ1n) is 12.7. The highest BCUT2D eigenvalue weighted by Crippen LogP contribution is 2.38. The molecule has 190 valence electrons. The molecule has 3 heterocycles. The second-order valence-electron chi connectivity index (χ2n) is 9.39. The van der Waals surface area contributed by atoms with E-state index in [9.17, 15) is 4.79 Å². The van der Waals surface area contributed by atoms with Gasteiger partial charge in [-0.2, -0.15) is 5.10 Å². The number of urea groups is 1. The van der Waals surface area contributed by atoms with Gasteiger partial charge in [0, 0.05) is 23.2 Å². The maximum Gasteiger partial charge on any atom is 0.318 e. The van der Waals surface area contributed by atoms with Crippen molar-refractivity contribution in [2.75, 3.05) is 6.26 Å². The molecule has 0 spiro atoms. The number of rotatable bonds is 5. The Labute approximate surface area is 226 Å². The van der Waals surface area contributed by atoms with Crippen LogP contribution in [-0.4, -0.2) is 31.5 Å². The van der Waals surface area contributed by atoms with Gasteiger partial charge in [-0.25, -0.2) is 9.48 Å². The molecule has 0 unspecified atom stereocenters. The largest absolute Gasteiger partial charge is 0.334 e. The summed E-state index contributed by atoms with van der Waals surface area (Å²) in [6, 6.07) is 32.5. The molecule has 0 bridgehead atoms. The maximum atomic E-state index is 13.9. The number of para-hydroxylation sites is 1. The zero-order chi connectivity index (χ0) is 26.1. The molecule has 0 fully saturated rings. The fourth-order valence-electron chi connectivity index (χ4n) is 5.16. The van der Waals surface area contributed by atoms with Crippen LogP contribution in [0.4, 0.5) is 4.79 Å². The van der Waals surface area contributed by atoms with Crippen molar-refractivity contribution in [3.8, 4) is 11.5 Å². The van der Waals surface area contributed by atoms with Crippen molar-refractivity contribution in [1.82, 2.24) is 24.6 Å². The quantitative estimate of drug-likeness (QED) is 0.269. The van der Waals surface area contributed by atoms with E-state index in [1.54, 1.807) is 11.8 Å². The average molecular weight is 520 g/mol. The third-order valence-corrected chi connectivity index (χ3v) is 7.81. The number of nitrogens with zero attached hydrogens (tertiary/aromatic N) is 4. The van der Waals surface area contributed by atoms with Gasteiger partial charge in [-0.3, -0.25) is 0 Å². The van der Waals surface area contributed by atoms with Crippen LogP contribution in [-0.2, 0) is 13.1 Å². The minimum absolute atomic E-state index is 0.111. The summed E-state index contributed by atoms with van der Waals surface area (Å²) in [5.74, 6) is 0.970. The van der Waals surface area contributed by atoms with E-state index in [1.807, 2.05) is 71.1 Å². The number of carbonyl (C=O) groups is 1. The Kier molecular flexibility index (Phi) is 6.52. The van der Waals surface area contributed by atoms with Crippen LogP contribution in [0.25, 0.3) is 11.5 Å². The number of benzene rings is 3. The normalized spacial score (nSPS) is 14.5. The van der Waals surface area contributed by atoms with Crippen molar-refractivity contribution < 1.29 is 4.79 Å². The molecule has 0 radical (unpaired) electrons. The van der Waals surface area contributed by atoms with E-state index < -0.39 is 0 Å². The molecular formula is C31H29N5OS. The van der Waals surface area contributed by atoms with Crippen molar-refractivity contribution in [3.63, 3.8) is 0 Å². The molecule has 6 rings (SSSR count). The molecule has 0 aliphatic carbocycles. The minimum Gasteiger partial charge on any atom is -0.334 e. The summed E-state index contributed by atoms with van der Waals surface area (Å²) >= 11 is 1.71. The highest BCUT2D eigenvalue weighted by molar-refractivity contribution is 7.98. The monoisotopic (exact) mass is 519 g/mol. The Hall–Kier alpha value is -4.23. The fraction of sp³-hybridized carbons (Fsp3) is 0.161. The lowest BCUT2D eigenvalue weighted by molar-refractivity contribution is 0.180. The molecule has 6 nitrogen and oxygen atoms in total. The smallest absolute Gasteiger partial charge is 0.318 e. The standard InChI is InChI=1S/C31H29N5OS/c1-22-27-21-35(31(37)32-20-23-10-5-3-6-11-23)29(24-15-17-26(38-2)18-16-24)28-14-9-19-34(28)30(27)36(33-22)25-12-7-4-8-13-25/h3-19,29H,20-21H2,1-2H3,(H,32,37)/t29-/m0/s1. The first-order valence-corrected chi connectivity index (χ1v) is 13.9. The molecule has 2 amide bonds. The van der Waals surface area contributed by atoms with Gasteiger partial charge in [0.15, 0.2) is 0 Å². The number of aryl methyl sites for hydroxylation is 1. The lowest BCUT2D eigenvalue weighted by atomic mass is 10.0. The van der Waals surface area contributed by atoms with Gasteiger partial charge in [0.25, 0.3) is 0 Å². The summed E-state index contributed by atoms with van der Waals surface area (Å²) in [7, 11) is 0. The van der Waals surface area contributed by atoms with Crippen molar-refractivity contribution in [1.29, 1.82) is 0 Å². The summed E-state index contributed by atoms with van der Waals surface area (Å²) < 4.78 is 4.19. The van der Waals surface area contributed by atoms with E-state index >= 15 is 0 Å². The highest BCUT2D eigenvalue weighted by atomic mass is 32.2. The van der Waals surface area contributed by atoms with Crippen molar-refractivity contribution in [2.24, 2.45) is 0 Å². The third kappa shape index (κ3) is 4.39. The first kappa shape index (κ1) is 24.1. The first-order chi connectivity index (χ1) is 18.6. The van der Waals surface area contributed by atoms with E-state index in [0.29, 0.717) is 13.1 Å². The number of hydrogen-bond donors (Lipinski definition) is 1. The number of carbonyl (C=O) groups excluding carboxylic acids is 1. The summed E-state index contributed by atoms with van der Waals surface area (Å²) in [6.07, 6.45) is 4.15. The van der Waals surface area contributed by atoms with Gasteiger partial charge >= 0.3 is 6.03 Å². The maximum absolute atomic E-state index is 13.9. The summed E-state index contributed by atoms with van der Waals surface area (Å²) in [6.45, 7) is 2.92. The van der Waals surface area contributed by atoms with Crippen LogP contribution in [0.1, 0.15) is 34.1 Å². The van der Waals surface area contributed by atoms with E-state index in [-0.39, 0.29) is 12.1 Å². The van der Waals surface area contributed by atoms with Crippen LogP contribution in [0.15, 0.2) is 108 Å². The molecule has 1 N–H and O–H groups in total. The Morgan fingerprint density at radius 1 is 0.947 bits per heavy atom. The number of nitrogens with one attached hydrogen (secondary N) is 1. The van der Waals surface area contributed by atoms with Crippen LogP contribution in [0.2, 0.25) is 0 Å². The molecule has 38 heavy (non-hydrogen) atoms. The van der Waals surface area contributed by atoms with Crippen LogP contribution in [0, 0.1) is 6.92 Å². The predicted molar refractivity (Wildman–Crippen MR) is 152 cm³/mol. The van der Waals surface area contributed by atoms with Crippen molar-refractivity contribution in [3.05, 3.63) is 131 Å². The molecule has 3 aromatic carbocycles. The lowest BCUT2D eigenvalue weighted by Gasteiger charge is -2.31. The van der Waals surface area contributed by atoms with Gasteiger partial charge in [-0.1, -0.05) is 60.7 Å². The Balaban J connectivity index is 1.48. The van der Waals surface area contributed by atoms with Crippen LogP contribution < -0.4 is 5.32 Å². The number of thioether (sulfide) groups is 1. The number of amides is 2. The lowest BCUT2D eigenvalue weighted by Crippen LogP contribution is -2.41. The number of aromatic nitrogens is 3. The summed E-state index contributed by atoms with van der Waals surface area (Å²) in [5.41, 5.74) is 6.08. The third-order valence-electron chi connectivity index (χ3n) is 7.07. The molecule has 0 saturated carbocycles. The summed E-state index contributed by atoms with van der Waals surface area (Å²) in [5, 5.41) is 8.10. The van der Waals surface area contributed by atoms with Gasteiger partial charge in [0.1, 0.15) is 5.82 Å². The van der Waals surface area contributed by atoms with Gasteiger partial charge in [0.05, 0.1) is 29.7 Å². The zero-order valence-electron chi connectivity index (χ0n) is 21.4. The SMILES string of the molecule is CSc1ccc([C@H]2c3cccn3-c3c(c(C)nn3-c3ccccc3)CN2C(=O)NCc2ccccc2)cc1. The number of fused-ring (bicyclic) bond motifs is 3. The minimum atomic E-state index is -0.271. The molecule has 1 atom stereocenters. The Morgan fingerprint density at radius 3 is 2.37 bits per heavy atom. The van der Waals surface area contributed by atoms with Crippen molar-refractivity contribution in [2.45, 2.75) is 31.0 Å². The van der Waals surface area contributed by atoms with Crippen LogP contribution in [0.5, 0.6) is 0 Å². The zero-order valence-corrected chi connectivity index (χ0v) is 22.2. The molecule has 1 aliphatic heterocycles. The molecule has 5 aromatic rings. The molecular weight excluding hydrogens is 490 g/mol. The average Bonchev–Trinajstić information content (AvgIpc) is 3.53. The van der Waals surface area contributed by atoms with Crippen molar-refractivity contribution >= 4 is 17.8 Å². The molecule has 0 saturated heterocycles. The second kappa shape index (κ2) is 10.3.